The molecule has 0 bridgehead atoms. The third-order valence-corrected chi connectivity index (χ3v) is 4.58. The minimum Gasteiger partial charge on any atom is -0.508 e. The normalized spacial score (nSPS) is 17.1. The van der Waals surface area contributed by atoms with Crippen molar-refractivity contribution in [2.45, 2.75) is 18.9 Å². The highest BCUT2D eigenvalue weighted by Gasteiger charge is 2.24. The maximum absolute atomic E-state index is 9.52. The van der Waals surface area contributed by atoms with Crippen molar-refractivity contribution >= 4 is 44.8 Å². The maximum atomic E-state index is 9.52. The molecule has 3 rings (SSSR count). The first-order valence-corrected chi connectivity index (χ1v) is 7.82. The van der Waals surface area contributed by atoms with Gasteiger partial charge < -0.3 is 10.4 Å². The highest BCUT2D eigenvalue weighted by atomic mass is 79.9. The number of fused-ring (bicyclic) bond motifs is 1. The molecule has 2 aromatic carbocycles. The average Bonchev–Trinajstić information content (AvgIpc) is 2.76. The molecule has 2 N–H and O–H groups in total. The molecule has 104 valence electrons. The Bertz CT molecular complexity index is 652. The van der Waals surface area contributed by atoms with E-state index in [4.69, 9.17) is 23.2 Å². The molecule has 1 unspecified atom stereocenters. The second kappa shape index (κ2) is 5.47. The Kier molecular flexibility index (Phi) is 3.85. The van der Waals surface area contributed by atoms with Gasteiger partial charge in [-0.15, -0.1) is 0 Å². The quantitative estimate of drug-likeness (QED) is 0.723. The number of phenolic OH excluding ortho intramolecular Hbond substituents is 1. The Morgan fingerprint density at radius 3 is 2.55 bits per heavy atom. The minimum absolute atomic E-state index is 0.168. The molecule has 2 nitrogen and oxygen atoms in total. The summed E-state index contributed by atoms with van der Waals surface area (Å²) in [5.41, 5.74) is 3.12. The van der Waals surface area contributed by atoms with Crippen LogP contribution in [0.4, 0.5) is 5.69 Å². The fourth-order valence-electron chi connectivity index (χ4n) is 2.61. The Morgan fingerprint density at radius 1 is 1.15 bits per heavy atom. The van der Waals surface area contributed by atoms with E-state index < -0.39 is 0 Å². The number of hydrogen-bond donors (Lipinski definition) is 2. The number of benzene rings is 2. The lowest BCUT2D eigenvalue weighted by Crippen LogP contribution is -2.08. The molecule has 5 heteroatoms. The van der Waals surface area contributed by atoms with Gasteiger partial charge >= 0.3 is 0 Å². The molecular formula is C15H12BrCl2NO. The van der Waals surface area contributed by atoms with Crippen molar-refractivity contribution in [1.29, 1.82) is 0 Å². The first kappa shape index (κ1) is 14.1. The van der Waals surface area contributed by atoms with E-state index in [9.17, 15) is 5.11 Å². The van der Waals surface area contributed by atoms with E-state index in [1.807, 2.05) is 24.3 Å². The van der Waals surface area contributed by atoms with Crippen LogP contribution in [0.2, 0.25) is 10.0 Å². The number of phenols is 1. The zero-order chi connectivity index (χ0) is 14.3. The van der Waals surface area contributed by atoms with E-state index in [1.165, 1.54) is 11.1 Å². The smallest absolute Gasteiger partial charge is 0.115 e. The number of aromatic hydroxyl groups is 1. The first-order valence-electron chi connectivity index (χ1n) is 6.27. The third-order valence-electron chi connectivity index (χ3n) is 3.53. The van der Waals surface area contributed by atoms with Gasteiger partial charge in [0.15, 0.2) is 0 Å². The Balaban J connectivity index is 1.91. The van der Waals surface area contributed by atoms with E-state index in [-0.39, 0.29) is 6.04 Å². The van der Waals surface area contributed by atoms with Gasteiger partial charge in [0.05, 0.1) is 21.8 Å². The lowest BCUT2D eigenvalue weighted by atomic mass is 10.1. The van der Waals surface area contributed by atoms with Gasteiger partial charge in [0.2, 0.25) is 0 Å². The van der Waals surface area contributed by atoms with Crippen LogP contribution in [0.5, 0.6) is 5.75 Å². The molecule has 20 heavy (non-hydrogen) atoms. The highest BCUT2D eigenvalue weighted by molar-refractivity contribution is 9.10. The molecule has 0 aliphatic heterocycles. The number of anilines is 1. The van der Waals surface area contributed by atoms with Gasteiger partial charge in [-0.05, 0) is 48.2 Å². The summed E-state index contributed by atoms with van der Waals surface area (Å²) in [4.78, 5) is 0. The van der Waals surface area contributed by atoms with Gasteiger partial charge in [-0.25, -0.2) is 0 Å². The second-order valence-electron chi connectivity index (χ2n) is 4.86. The van der Waals surface area contributed by atoms with Gasteiger partial charge in [0, 0.05) is 4.47 Å². The standard InChI is InChI=1S/C15H12BrCl2NO/c16-9-6-12(17)15(13(18)7-9)19-14-4-1-8-5-10(20)2-3-11(8)14/h2-3,5-7,14,19-20H,1,4H2. The van der Waals surface area contributed by atoms with Crippen LogP contribution in [-0.4, -0.2) is 5.11 Å². The van der Waals surface area contributed by atoms with Crippen LogP contribution in [0.25, 0.3) is 0 Å². The monoisotopic (exact) mass is 371 g/mol. The second-order valence-corrected chi connectivity index (χ2v) is 6.59. The third kappa shape index (κ3) is 2.62. The molecule has 0 saturated heterocycles. The van der Waals surface area contributed by atoms with E-state index in [0.717, 1.165) is 23.0 Å². The molecule has 2 aromatic rings. The minimum atomic E-state index is 0.168. The summed E-state index contributed by atoms with van der Waals surface area (Å²) in [6.07, 6.45) is 1.90. The molecule has 0 heterocycles. The van der Waals surface area contributed by atoms with Crippen molar-refractivity contribution in [1.82, 2.24) is 0 Å². The summed E-state index contributed by atoms with van der Waals surface area (Å²) in [6, 6.07) is 9.30. The van der Waals surface area contributed by atoms with Crippen LogP contribution in [0.15, 0.2) is 34.8 Å². The van der Waals surface area contributed by atoms with E-state index in [0.29, 0.717) is 15.8 Å². The van der Waals surface area contributed by atoms with Crippen LogP contribution in [-0.2, 0) is 6.42 Å². The molecule has 0 saturated carbocycles. The fraction of sp³-hybridized carbons (Fsp3) is 0.200. The van der Waals surface area contributed by atoms with Crippen LogP contribution >= 0.6 is 39.1 Å². The molecule has 0 spiro atoms. The largest absolute Gasteiger partial charge is 0.508 e. The zero-order valence-electron chi connectivity index (χ0n) is 10.5. The maximum Gasteiger partial charge on any atom is 0.115 e. The summed E-state index contributed by atoms with van der Waals surface area (Å²) in [5.74, 6) is 0.309. The molecule has 1 atom stereocenters. The van der Waals surface area contributed by atoms with Gasteiger partial charge in [0.25, 0.3) is 0 Å². The van der Waals surface area contributed by atoms with Crippen molar-refractivity contribution in [3.05, 3.63) is 56.0 Å². The first-order chi connectivity index (χ1) is 9.54. The summed E-state index contributed by atoms with van der Waals surface area (Å²) in [7, 11) is 0. The number of nitrogens with one attached hydrogen (secondary N) is 1. The van der Waals surface area contributed by atoms with Gasteiger partial charge in [-0.3, -0.25) is 0 Å². The SMILES string of the molecule is Oc1ccc2c(c1)CCC2Nc1c(Cl)cc(Br)cc1Cl. The van der Waals surface area contributed by atoms with Crippen molar-refractivity contribution in [2.75, 3.05) is 5.32 Å². The van der Waals surface area contributed by atoms with Crippen LogP contribution < -0.4 is 5.32 Å². The predicted octanol–water partition coefficient (Wildman–Crippen LogP) is 5.56. The molecule has 1 aliphatic rings. The summed E-state index contributed by atoms with van der Waals surface area (Å²) >= 11 is 15.9. The lowest BCUT2D eigenvalue weighted by Gasteiger charge is -2.18. The molecule has 0 fully saturated rings. The summed E-state index contributed by atoms with van der Waals surface area (Å²) < 4.78 is 0.856. The topological polar surface area (TPSA) is 32.3 Å². The predicted molar refractivity (Wildman–Crippen MR) is 87.0 cm³/mol. The number of aryl methyl sites for hydroxylation is 1. The van der Waals surface area contributed by atoms with E-state index in [1.54, 1.807) is 6.07 Å². The van der Waals surface area contributed by atoms with E-state index >= 15 is 0 Å². The molecular weight excluding hydrogens is 361 g/mol. The van der Waals surface area contributed by atoms with E-state index in [2.05, 4.69) is 21.2 Å². The van der Waals surface area contributed by atoms with Gasteiger partial charge in [0.1, 0.15) is 5.75 Å². The molecule has 0 aromatic heterocycles. The van der Waals surface area contributed by atoms with Crippen LogP contribution in [0.3, 0.4) is 0 Å². The molecule has 1 aliphatic carbocycles. The van der Waals surface area contributed by atoms with Crippen molar-refractivity contribution in [3.8, 4) is 5.75 Å². The fourth-order valence-corrected chi connectivity index (χ4v) is 3.93. The van der Waals surface area contributed by atoms with Crippen molar-refractivity contribution in [3.63, 3.8) is 0 Å². The Morgan fingerprint density at radius 2 is 1.85 bits per heavy atom. The lowest BCUT2D eigenvalue weighted by molar-refractivity contribution is 0.474. The Labute approximate surface area is 135 Å². The van der Waals surface area contributed by atoms with Crippen molar-refractivity contribution < 1.29 is 5.11 Å². The summed E-state index contributed by atoms with van der Waals surface area (Å²) in [6.45, 7) is 0. The number of halogens is 3. The Hall–Kier alpha value is -0.900. The highest BCUT2D eigenvalue weighted by Crippen LogP contribution is 2.40. The number of rotatable bonds is 2. The molecule has 0 radical (unpaired) electrons. The van der Waals surface area contributed by atoms with Gasteiger partial charge in [-0.2, -0.15) is 0 Å². The molecule has 0 amide bonds. The van der Waals surface area contributed by atoms with Crippen LogP contribution in [0.1, 0.15) is 23.6 Å². The summed E-state index contributed by atoms with van der Waals surface area (Å²) in [5, 5.41) is 14.1. The van der Waals surface area contributed by atoms with Crippen molar-refractivity contribution in [2.24, 2.45) is 0 Å². The van der Waals surface area contributed by atoms with Gasteiger partial charge in [-0.1, -0.05) is 45.2 Å². The average molecular weight is 373 g/mol. The van der Waals surface area contributed by atoms with Crippen LogP contribution in [0, 0.1) is 0 Å². The zero-order valence-corrected chi connectivity index (χ0v) is 13.6. The number of hydrogen-bond acceptors (Lipinski definition) is 2.